The molecule has 0 aliphatic rings. The molecule has 0 radical (unpaired) electrons. The van der Waals surface area contributed by atoms with Gasteiger partial charge in [0.2, 0.25) is 11.6 Å². The molecule has 100 valence electrons. The van der Waals surface area contributed by atoms with Crippen LogP contribution in [0.3, 0.4) is 0 Å². The minimum atomic E-state index is -0.785. The Labute approximate surface area is 116 Å². The molecule has 1 N–H and O–H groups in total. The molecule has 0 aliphatic carbocycles. The van der Waals surface area contributed by atoms with Crippen LogP contribution in [0.1, 0.15) is 16.4 Å². The summed E-state index contributed by atoms with van der Waals surface area (Å²) in [6, 6.07) is 5.60. The number of hydrogen-bond donors (Lipinski definition) is 1. The van der Waals surface area contributed by atoms with Gasteiger partial charge in [-0.2, -0.15) is 5.21 Å². The van der Waals surface area contributed by atoms with Crippen molar-refractivity contribution in [3.05, 3.63) is 41.4 Å². The molecule has 0 saturated carbocycles. The van der Waals surface area contributed by atoms with Crippen LogP contribution in [-0.2, 0) is 11.2 Å². The summed E-state index contributed by atoms with van der Waals surface area (Å²) >= 11 is 1.53. The first kappa shape index (κ1) is 12.4. The van der Waals surface area contributed by atoms with Gasteiger partial charge in [-0.3, -0.25) is 9.59 Å². The van der Waals surface area contributed by atoms with E-state index in [9.17, 15) is 9.59 Å². The van der Waals surface area contributed by atoms with E-state index in [1.807, 2.05) is 17.5 Å². The molecule has 7 nitrogen and oxygen atoms in total. The molecule has 0 unspecified atom stereocenters. The molecule has 0 aliphatic heterocycles. The molecule has 3 aromatic rings. The van der Waals surface area contributed by atoms with Crippen molar-refractivity contribution in [1.29, 1.82) is 0 Å². The van der Waals surface area contributed by atoms with Crippen molar-refractivity contribution in [3.63, 3.8) is 0 Å². The summed E-state index contributed by atoms with van der Waals surface area (Å²) in [6.07, 6.45) is 1.37. The maximum Gasteiger partial charge on any atom is 0.269 e. The Hall–Kier alpha value is -2.61. The number of furan rings is 1. The molecule has 0 bridgehead atoms. The number of rotatable bonds is 5. The van der Waals surface area contributed by atoms with Crippen molar-refractivity contribution in [1.82, 2.24) is 20.6 Å². The average molecular weight is 288 g/mol. The topological polar surface area (TPSA) is 102 Å². The lowest BCUT2D eigenvalue weighted by atomic mass is 10.1. The summed E-state index contributed by atoms with van der Waals surface area (Å²) in [4.78, 5) is 24.6. The third kappa shape index (κ3) is 2.28. The van der Waals surface area contributed by atoms with Crippen LogP contribution in [0, 0.1) is 0 Å². The zero-order chi connectivity index (χ0) is 13.9. The first-order valence-electron chi connectivity index (χ1n) is 5.67. The fraction of sp³-hybridized carbons (Fsp3) is 0.0833. The standard InChI is InChI=1S/C12H8N4O3S/c17-8(11(18)12-13-15-16-14-12)6-9-7(3-4-19-9)10-2-1-5-20-10/h1-5H,6H2,(H,13,14,15,16). The maximum absolute atomic E-state index is 11.9. The van der Waals surface area contributed by atoms with Gasteiger partial charge in [-0.05, 0) is 22.7 Å². The number of aromatic nitrogens is 4. The van der Waals surface area contributed by atoms with Gasteiger partial charge >= 0.3 is 0 Å². The van der Waals surface area contributed by atoms with Crippen LogP contribution in [0.5, 0.6) is 0 Å². The number of hydrogen-bond acceptors (Lipinski definition) is 7. The molecule has 3 aromatic heterocycles. The SMILES string of the molecule is O=C(Cc1occc1-c1cccs1)C(=O)c1nn[nH]n1. The molecule has 3 rings (SSSR count). The molecule has 0 atom stereocenters. The number of thiophene rings is 1. The summed E-state index contributed by atoms with van der Waals surface area (Å²) in [5.41, 5.74) is 0.814. The highest BCUT2D eigenvalue weighted by atomic mass is 32.1. The van der Waals surface area contributed by atoms with Crippen molar-refractivity contribution in [2.24, 2.45) is 0 Å². The van der Waals surface area contributed by atoms with Crippen LogP contribution in [0.4, 0.5) is 0 Å². The zero-order valence-corrected chi connectivity index (χ0v) is 10.9. The Bertz CT molecular complexity index is 731. The normalized spacial score (nSPS) is 10.6. The molecule has 8 heteroatoms. The van der Waals surface area contributed by atoms with E-state index in [2.05, 4.69) is 20.6 Å². The Morgan fingerprint density at radius 3 is 2.95 bits per heavy atom. The molecule has 20 heavy (non-hydrogen) atoms. The van der Waals surface area contributed by atoms with Crippen molar-refractivity contribution >= 4 is 22.9 Å². The highest BCUT2D eigenvalue weighted by Crippen LogP contribution is 2.29. The monoisotopic (exact) mass is 288 g/mol. The first-order valence-corrected chi connectivity index (χ1v) is 6.55. The third-order valence-electron chi connectivity index (χ3n) is 2.65. The third-order valence-corrected chi connectivity index (χ3v) is 3.56. The minimum Gasteiger partial charge on any atom is -0.468 e. The predicted molar refractivity (Wildman–Crippen MR) is 69.2 cm³/mol. The zero-order valence-electron chi connectivity index (χ0n) is 10.1. The second-order valence-corrected chi connectivity index (χ2v) is 4.85. The van der Waals surface area contributed by atoms with Crippen LogP contribution < -0.4 is 0 Å². The van der Waals surface area contributed by atoms with Gasteiger partial charge in [0.05, 0.1) is 12.7 Å². The Morgan fingerprint density at radius 2 is 2.25 bits per heavy atom. The van der Waals surface area contributed by atoms with E-state index in [1.165, 1.54) is 17.6 Å². The largest absolute Gasteiger partial charge is 0.468 e. The predicted octanol–water partition coefficient (Wildman–Crippen LogP) is 1.52. The van der Waals surface area contributed by atoms with Gasteiger partial charge in [0.25, 0.3) is 5.78 Å². The van der Waals surface area contributed by atoms with Crippen LogP contribution in [0.2, 0.25) is 0 Å². The second-order valence-electron chi connectivity index (χ2n) is 3.90. The van der Waals surface area contributed by atoms with Crippen molar-refractivity contribution in [2.45, 2.75) is 6.42 Å². The Kier molecular flexibility index (Phi) is 3.21. The second kappa shape index (κ2) is 5.17. The van der Waals surface area contributed by atoms with Gasteiger partial charge in [0.1, 0.15) is 5.76 Å². The number of carbonyl (C=O) groups is 2. The number of Topliss-reactive ketones (excluding diaryl/α,β-unsaturated/α-hetero) is 2. The lowest BCUT2D eigenvalue weighted by molar-refractivity contribution is -0.114. The number of nitrogens with one attached hydrogen (secondary N) is 1. The lowest BCUT2D eigenvalue weighted by Crippen LogP contribution is -2.18. The molecule has 3 heterocycles. The van der Waals surface area contributed by atoms with Crippen molar-refractivity contribution < 1.29 is 14.0 Å². The quantitative estimate of drug-likeness (QED) is 0.564. The van der Waals surface area contributed by atoms with Crippen LogP contribution in [0.15, 0.2) is 34.3 Å². The van der Waals surface area contributed by atoms with E-state index in [4.69, 9.17) is 4.42 Å². The Morgan fingerprint density at radius 1 is 1.35 bits per heavy atom. The summed E-state index contributed by atoms with van der Waals surface area (Å²) < 4.78 is 5.30. The number of carbonyl (C=O) groups excluding carboxylic acids is 2. The van der Waals surface area contributed by atoms with E-state index in [1.54, 1.807) is 6.07 Å². The number of aromatic amines is 1. The Balaban J connectivity index is 1.81. The molecular weight excluding hydrogens is 280 g/mol. The van der Waals surface area contributed by atoms with Crippen LogP contribution in [0.25, 0.3) is 10.4 Å². The number of tetrazole rings is 1. The van der Waals surface area contributed by atoms with Crippen LogP contribution in [-0.4, -0.2) is 32.2 Å². The molecular formula is C12H8N4O3S. The first-order chi connectivity index (χ1) is 9.75. The molecule has 0 amide bonds. The molecule has 0 aromatic carbocycles. The van der Waals surface area contributed by atoms with E-state index >= 15 is 0 Å². The van der Waals surface area contributed by atoms with Gasteiger partial charge in [0, 0.05) is 10.4 Å². The average Bonchev–Trinajstić information content (AvgIpc) is 3.19. The summed E-state index contributed by atoms with van der Waals surface area (Å²) in [5.74, 6) is -1.21. The molecule has 0 spiro atoms. The van der Waals surface area contributed by atoms with E-state index in [0.717, 1.165) is 10.4 Å². The summed E-state index contributed by atoms with van der Waals surface area (Å²) in [6.45, 7) is 0. The van der Waals surface area contributed by atoms with E-state index < -0.39 is 11.6 Å². The smallest absolute Gasteiger partial charge is 0.269 e. The fourth-order valence-electron chi connectivity index (χ4n) is 1.74. The molecule has 0 saturated heterocycles. The van der Waals surface area contributed by atoms with Gasteiger partial charge in [-0.1, -0.05) is 6.07 Å². The highest BCUT2D eigenvalue weighted by molar-refractivity contribution is 7.13. The van der Waals surface area contributed by atoms with Crippen molar-refractivity contribution in [3.8, 4) is 10.4 Å². The summed E-state index contributed by atoms with van der Waals surface area (Å²) in [7, 11) is 0. The van der Waals surface area contributed by atoms with Gasteiger partial charge in [-0.25, -0.2) is 0 Å². The van der Waals surface area contributed by atoms with Gasteiger partial charge in [0.15, 0.2) is 0 Å². The van der Waals surface area contributed by atoms with Crippen LogP contribution >= 0.6 is 11.3 Å². The summed E-state index contributed by atoms with van der Waals surface area (Å²) in [5, 5.41) is 14.3. The van der Waals surface area contributed by atoms with Gasteiger partial charge in [-0.15, -0.1) is 21.5 Å². The number of H-pyrrole nitrogens is 1. The minimum absolute atomic E-state index is 0.131. The maximum atomic E-state index is 11.9. The van der Waals surface area contributed by atoms with E-state index in [-0.39, 0.29) is 12.2 Å². The fourth-order valence-corrected chi connectivity index (χ4v) is 2.51. The number of nitrogens with zero attached hydrogens (tertiary/aromatic N) is 3. The van der Waals surface area contributed by atoms with E-state index in [0.29, 0.717) is 5.76 Å². The number of ketones is 2. The molecule has 0 fully saturated rings. The van der Waals surface area contributed by atoms with Gasteiger partial charge < -0.3 is 4.42 Å². The lowest BCUT2D eigenvalue weighted by Gasteiger charge is -1.98. The highest BCUT2D eigenvalue weighted by Gasteiger charge is 2.23. The van der Waals surface area contributed by atoms with Crippen molar-refractivity contribution in [2.75, 3.05) is 0 Å².